The zero-order chi connectivity index (χ0) is 39.4. The summed E-state index contributed by atoms with van der Waals surface area (Å²) in [6, 6.07) is 65.3. The Balaban J connectivity index is 0.00000408. The summed E-state index contributed by atoms with van der Waals surface area (Å²) in [6.45, 7) is 6.37. The van der Waals surface area contributed by atoms with Crippen molar-refractivity contribution in [3.63, 3.8) is 0 Å². The number of aromatic nitrogens is 4. The molecular formula is C52H36BN5OPt-2. The number of anilines is 2. The van der Waals surface area contributed by atoms with Crippen LogP contribution in [0.25, 0.3) is 66.6 Å². The van der Waals surface area contributed by atoms with E-state index in [9.17, 15) is 0 Å². The van der Waals surface area contributed by atoms with Crippen LogP contribution in [0.15, 0.2) is 164 Å². The zero-order valence-electron chi connectivity index (χ0n) is 33.1. The molecule has 0 aliphatic carbocycles. The summed E-state index contributed by atoms with van der Waals surface area (Å²) in [4.78, 5) is 8.14. The van der Waals surface area contributed by atoms with Crippen LogP contribution in [0.2, 0.25) is 0 Å². The number of hydrogen-bond donors (Lipinski definition) is 0. The van der Waals surface area contributed by atoms with Gasteiger partial charge in [0, 0.05) is 49.2 Å². The molecule has 0 saturated heterocycles. The maximum Gasteiger partial charge on any atom is 0.525 e. The van der Waals surface area contributed by atoms with E-state index in [0.717, 1.165) is 83.6 Å². The van der Waals surface area contributed by atoms with Crippen LogP contribution in [0.1, 0.15) is 26.3 Å². The molecule has 0 amide bonds. The van der Waals surface area contributed by atoms with E-state index in [1.54, 1.807) is 0 Å². The fourth-order valence-electron chi connectivity index (χ4n) is 9.14. The molecule has 6 nitrogen and oxygen atoms in total. The first-order chi connectivity index (χ1) is 28.9. The van der Waals surface area contributed by atoms with Crippen LogP contribution in [-0.4, -0.2) is 21.1 Å². The second-order valence-electron chi connectivity index (χ2n) is 16.5. The molecule has 0 radical (unpaired) electrons. The smallest absolute Gasteiger partial charge is 0.510 e. The van der Waals surface area contributed by atoms with Crippen LogP contribution in [-0.2, 0) is 26.5 Å². The van der Waals surface area contributed by atoms with Crippen LogP contribution >= 0.6 is 0 Å². The van der Waals surface area contributed by atoms with Crippen LogP contribution in [0.4, 0.5) is 11.5 Å². The normalized spacial score (nSPS) is 12.8. The number of rotatable bonds is 1. The Morgan fingerprint density at radius 2 is 1.27 bits per heavy atom. The molecule has 0 fully saturated rings. The minimum Gasteiger partial charge on any atom is -0.510 e. The molecule has 60 heavy (non-hydrogen) atoms. The van der Waals surface area contributed by atoms with Gasteiger partial charge in [-0.2, -0.15) is 18.2 Å². The Labute approximate surface area is 363 Å². The van der Waals surface area contributed by atoms with Crippen molar-refractivity contribution in [2.24, 2.45) is 0 Å². The Kier molecular flexibility index (Phi) is 8.30. The first kappa shape index (κ1) is 36.4. The Bertz CT molecular complexity index is 3330. The Hall–Kier alpha value is -6.69. The van der Waals surface area contributed by atoms with Crippen LogP contribution < -0.4 is 19.5 Å². The van der Waals surface area contributed by atoms with Gasteiger partial charge in [-0.1, -0.05) is 135 Å². The SMILES string of the molecule is CC(C)(C)c1cc2nc(c1)-n1c3[c-]c(ccc3c3ccccc31)Oc1[c-]c(ccc1)-n1[c-][n+]3c4c(cccc41)-c1ccccc1-c1ccccc1B3N2c1ccccc1.[Pt]. The number of benzene rings is 7. The quantitative estimate of drug-likeness (QED) is 0.122. The van der Waals surface area contributed by atoms with Crippen molar-refractivity contribution in [2.75, 3.05) is 4.81 Å². The maximum absolute atomic E-state index is 6.65. The molecule has 290 valence electrons. The number of nitrogens with zero attached hydrogens (tertiary/aromatic N) is 5. The summed E-state index contributed by atoms with van der Waals surface area (Å²) < 4.78 is 13.3. The Morgan fingerprint density at radius 3 is 2.10 bits per heavy atom. The van der Waals surface area contributed by atoms with E-state index >= 15 is 0 Å². The summed E-state index contributed by atoms with van der Waals surface area (Å²) >= 11 is 0. The van der Waals surface area contributed by atoms with Gasteiger partial charge in [-0.25, -0.2) is 4.98 Å². The van der Waals surface area contributed by atoms with E-state index in [2.05, 4.69) is 203 Å². The number of pyridine rings is 1. The van der Waals surface area contributed by atoms with E-state index in [0.29, 0.717) is 11.5 Å². The average molecular weight is 953 g/mol. The van der Waals surface area contributed by atoms with Crippen molar-refractivity contribution < 1.29 is 30.3 Å². The van der Waals surface area contributed by atoms with Gasteiger partial charge in [0.25, 0.3) is 0 Å². The van der Waals surface area contributed by atoms with Gasteiger partial charge in [0.05, 0.1) is 11.0 Å². The fraction of sp³-hybridized carbons (Fsp3) is 0.0769. The van der Waals surface area contributed by atoms with Gasteiger partial charge in [-0.05, 0) is 69.0 Å². The van der Waals surface area contributed by atoms with Crippen molar-refractivity contribution in [3.05, 3.63) is 188 Å². The molecule has 7 aromatic carbocycles. The zero-order valence-corrected chi connectivity index (χ0v) is 35.4. The summed E-state index contributed by atoms with van der Waals surface area (Å²) in [6.07, 6.45) is 3.92. The second-order valence-corrected chi connectivity index (χ2v) is 16.5. The molecule has 10 aromatic rings. The van der Waals surface area contributed by atoms with Gasteiger partial charge in [-0.15, -0.1) is 29.7 Å². The molecule has 0 N–H and O–H groups in total. The first-order valence-corrected chi connectivity index (χ1v) is 20.1. The largest absolute Gasteiger partial charge is 0.525 e. The second kappa shape index (κ2) is 13.7. The van der Waals surface area contributed by atoms with Crippen molar-refractivity contribution in [1.29, 1.82) is 0 Å². The number of para-hydroxylation sites is 3. The molecule has 0 saturated carbocycles. The summed E-state index contributed by atoms with van der Waals surface area (Å²) in [5, 5.41) is 2.20. The van der Waals surface area contributed by atoms with E-state index < -0.39 is 6.98 Å². The van der Waals surface area contributed by atoms with E-state index in [1.807, 2.05) is 18.2 Å². The molecule has 0 spiro atoms. The molecule has 2 aliphatic heterocycles. The monoisotopic (exact) mass is 952 g/mol. The summed E-state index contributed by atoms with van der Waals surface area (Å²) in [5.41, 5.74) is 12.5. The minimum atomic E-state index is -0.439. The number of hydrogen-bond acceptors (Lipinski definition) is 3. The summed E-state index contributed by atoms with van der Waals surface area (Å²) in [5.74, 6) is 2.79. The van der Waals surface area contributed by atoms with Crippen LogP contribution in [0.5, 0.6) is 11.5 Å². The van der Waals surface area contributed by atoms with E-state index in [-0.39, 0.29) is 26.5 Å². The van der Waals surface area contributed by atoms with Crippen LogP contribution in [0.3, 0.4) is 0 Å². The number of imidazole rings is 1. The molecule has 8 heteroatoms. The van der Waals surface area contributed by atoms with E-state index in [4.69, 9.17) is 9.72 Å². The average Bonchev–Trinajstić information content (AvgIpc) is 3.81. The van der Waals surface area contributed by atoms with Crippen molar-refractivity contribution in [3.8, 4) is 45.3 Å². The molecule has 12 rings (SSSR count). The van der Waals surface area contributed by atoms with Gasteiger partial charge in [0.15, 0.2) is 0 Å². The van der Waals surface area contributed by atoms with Gasteiger partial charge in [0.2, 0.25) is 6.33 Å². The predicted octanol–water partition coefficient (Wildman–Crippen LogP) is 10.9. The standard InChI is InChI=1S/C52H36BN5O.Pt/c1-52(2,3)34-29-49-54-50(30-34)58(35-15-5-4-6-16-35)53-45-24-11-9-21-41(45)39-19-7-8-20-40(39)44-23-14-26-47-51(44)56(53)33-55(47)36-17-13-18-37(31-36)59-38-27-28-43-42-22-10-12-25-46(42)57(49)48(43)32-38;/h4-30H,1-3H3;/q-2;. The third kappa shape index (κ3) is 5.53. The first-order valence-electron chi connectivity index (χ1n) is 20.1. The molecule has 5 heterocycles. The molecule has 2 aliphatic rings. The third-order valence-electron chi connectivity index (χ3n) is 11.9. The van der Waals surface area contributed by atoms with Crippen LogP contribution in [0, 0.1) is 18.5 Å². The molecule has 0 unspecified atom stereocenters. The molecular weight excluding hydrogens is 916 g/mol. The number of ether oxygens (including phenoxy) is 1. The topological polar surface area (TPSA) is 39.1 Å². The minimum absolute atomic E-state index is 0. The van der Waals surface area contributed by atoms with Gasteiger partial charge in [0.1, 0.15) is 11.6 Å². The summed E-state index contributed by atoms with van der Waals surface area (Å²) in [7, 11) is 0. The third-order valence-corrected chi connectivity index (χ3v) is 11.9. The molecule has 3 aromatic heterocycles. The maximum atomic E-state index is 6.65. The fourth-order valence-corrected chi connectivity index (χ4v) is 9.14. The van der Waals surface area contributed by atoms with Gasteiger partial charge >= 0.3 is 6.98 Å². The Morgan fingerprint density at radius 1 is 0.600 bits per heavy atom. The number of fused-ring (bicyclic) bond motifs is 17. The molecule has 0 atom stereocenters. The van der Waals surface area contributed by atoms with Gasteiger partial charge < -0.3 is 23.2 Å². The molecule has 8 bridgehead atoms. The predicted molar refractivity (Wildman–Crippen MR) is 238 cm³/mol. The van der Waals surface area contributed by atoms with Crippen molar-refractivity contribution in [1.82, 2.24) is 14.1 Å². The van der Waals surface area contributed by atoms with E-state index in [1.165, 1.54) is 5.56 Å². The van der Waals surface area contributed by atoms with Crippen molar-refractivity contribution in [2.45, 2.75) is 26.2 Å². The van der Waals surface area contributed by atoms with Crippen molar-refractivity contribution >= 4 is 56.8 Å². The van der Waals surface area contributed by atoms with Gasteiger partial charge in [-0.3, -0.25) is 0 Å².